The Morgan fingerprint density at radius 2 is 1.82 bits per heavy atom. The Balaban J connectivity index is 1.17. The number of nitrogens with zero attached hydrogens (tertiary/aromatic N) is 5. The average molecular weight is 463 g/mol. The van der Waals surface area contributed by atoms with Gasteiger partial charge in [0.15, 0.2) is 0 Å². The number of amides is 2. The Labute approximate surface area is 199 Å². The van der Waals surface area contributed by atoms with Gasteiger partial charge < -0.3 is 24.6 Å². The van der Waals surface area contributed by atoms with Crippen LogP contribution in [-0.4, -0.2) is 53.2 Å². The van der Waals surface area contributed by atoms with Crippen LogP contribution < -0.4 is 15.1 Å². The van der Waals surface area contributed by atoms with E-state index in [4.69, 9.17) is 0 Å². The van der Waals surface area contributed by atoms with E-state index in [0.29, 0.717) is 6.54 Å². The van der Waals surface area contributed by atoms with Crippen molar-refractivity contribution < 1.29 is 9.18 Å². The number of urea groups is 1. The zero-order chi connectivity index (χ0) is 23.5. The lowest BCUT2D eigenvalue weighted by Gasteiger charge is -2.36. The average Bonchev–Trinajstić information content (AvgIpc) is 3.52. The van der Waals surface area contributed by atoms with Crippen molar-refractivity contribution in [3.05, 3.63) is 78.0 Å². The number of aryl methyl sites for hydroxylation is 1. The predicted octanol–water partition coefficient (Wildman–Crippen LogP) is 3.93. The normalized spacial score (nSPS) is 18.4. The summed E-state index contributed by atoms with van der Waals surface area (Å²) in [5, 5.41) is 3.11. The van der Waals surface area contributed by atoms with E-state index in [1.165, 1.54) is 17.8 Å². The van der Waals surface area contributed by atoms with Crippen LogP contribution in [0.1, 0.15) is 30.1 Å². The van der Waals surface area contributed by atoms with Crippen LogP contribution in [0.4, 0.5) is 20.7 Å². The standard InChI is InChI=1S/C26H31FN6O/c1-30-12-2-4-23(30)24-5-3-13-33(24)26(34)29-19-20-10-11-28-25(18-20)32-16-14-31(15-17-32)22-8-6-21(27)7-9-22/h2,4,6-12,18,24H,3,5,13-17,19H2,1H3,(H,29,34). The van der Waals surface area contributed by atoms with E-state index in [9.17, 15) is 9.18 Å². The molecule has 2 saturated heterocycles. The first-order valence-corrected chi connectivity index (χ1v) is 11.9. The minimum atomic E-state index is -0.212. The lowest BCUT2D eigenvalue weighted by molar-refractivity contribution is 0.191. The Bertz CT molecular complexity index is 1120. The first-order chi connectivity index (χ1) is 16.6. The second-order valence-electron chi connectivity index (χ2n) is 9.03. The second-order valence-corrected chi connectivity index (χ2v) is 9.03. The molecule has 1 atom stereocenters. The fraction of sp³-hybridized carbons (Fsp3) is 0.385. The van der Waals surface area contributed by atoms with Crippen LogP contribution >= 0.6 is 0 Å². The number of halogens is 1. The fourth-order valence-corrected chi connectivity index (χ4v) is 5.01. The van der Waals surface area contributed by atoms with E-state index in [2.05, 4.69) is 36.8 Å². The van der Waals surface area contributed by atoms with Gasteiger partial charge in [-0.2, -0.15) is 0 Å². The number of likely N-dealkylation sites (tertiary alicyclic amines) is 1. The maximum atomic E-state index is 13.2. The summed E-state index contributed by atoms with van der Waals surface area (Å²) >= 11 is 0. The number of nitrogens with one attached hydrogen (secondary N) is 1. The predicted molar refractivity (Wildman–Crippen MR) is 131 cm³/mol. The first-order valence-electron chi connectivity index (χ1n) is 11.9. The molecule has 0 saturated carbocycles. The molecule has 0 aliphatic carbocycles. The number of carbonyl (C=O) groups is 1. The summed E-state index contributed by atoms with van der Waals surface area (Å²) in [4.78, 5) is 24.0. The van der Waals surface area contributed by atoms with Crippen molar-refractivity contribution in [2.24, 2.45) is 7.05 Å². The Kier molecular flexibility index (Phi) is 6.38. The number of carbonyl (C=O) groups excluding carboxylic acids is 1. The van der Waals surface area contributed by atoms with Crippen LogP contribution in [0.15, 0.2) is 60.9 Å². The molecule has 178 valence electrons. The van der Waals surface area contributed by atoms with Crippen molar-refractivity contribution in [3.8, 4) is 0 Å². The van der Waals surface area contributed by atoms with Gasteiger partial charge in [0.05, 0.1) is 6.04 Å². The molecule has 34 heavy (non-hydrogen) atoms. The molecular weight excluding hydrogens is 431 g/mol. The van der Waals surface area contributed by atoms with Gasteiger partial charge in [-0.25, -0.2) is 14.2 Å². The summed E-state index contributed by atoms with van der Waals surface area (Å²) in [5.41, 5.74) is 3.26. The Hall–Kier alpha value is -3.55. The molecule has 1 N–H and O–H groups in total. The fourth-order valence-electron chi connectivity index (χ4n) is 5.01. The molecule has 5 rings (SSSR count). The smallest absolute Gasteiger partial charge is 0.318 e. The number of aromatic nitrogens is 2. The molecule has 2 aliphatic rings. The Morgan fingerprint density at radius 3 is 2.56 bits per heavy atom. The van der Waals surface area contributed by atoms with Crippen LogP contribution in [0.25, 0.3) is 0 Å². The van der Waals surface area contributed by atoms with Crippen LogP contribution in [0.2, 0.25) is 0 Å². The van der Waals surface area contributed by atoms with Gasteiger partial charge in [0.2, 0.25) is 0 Å². The van der Waals surface area contributed by atoms with Crippen molar-refractivity contribution in [2.75, 3.05) is 42.5 Å². The molecule has 8 heteroatoms. The third-order valence-electron chi connectivity index (χ3n) is 6.89. The van der Waals surface area contributed by atoms with Crippen LogP contribution in [0, 0.1) is 5.82 Å². The highest BCUT2D eigenvalue weighted by molar-refractivity contribution is 5.75. The lowest BCUT2D eigenvalue weighted by Crippen LogP contribution is -2.46. The highest BCUT2D eigenvalue weighted by atomic mass is 19.1. The third kappa shape index (κ3) is 4.71. The summed E-state index contributed by atoms with van der Waals surface area (Å²) in [6.45, 7) is 4.63. The topological polar surface area (TPSA) is 56.6 Å². The quantitative estimate of drug-likeness (QED) is 0.624. The summed E-state index contributed by atoms with van der Waals surface area (Å²) in [7, 11) is 2.03. The van der Waals surface area contributed by atoms with Gasteiger partial charge >= 0.3 is 6.03 Å². The van der Waals surface area contributed by atoms with E-state index in [-0.39, 0.29) is 17.9 Å². The molecule has 7 nitrogen and oxygen atoms in total. The van der Waals surface area contributed by atoms with E-state index in [1.54, 1.807) is 0 Å². The summed E-state index contributed by atoms with van der Waals surface area (Å²) in [5.74, 6) is 0.712. The largest absolute Gasteiger partial charge is 0.368 e. The zero-order valence-corrected chi connectivity index (χ0v) is 19.5. The molecule has 0 spiro atoms. The summed E-state index contributed by atoms with van der Waals surface area (Å²) < 4.78 is 15.3. The number of benzene rings is 1. The molecule has 4 heterocycles. The van der Waals surface area contributed by atoms with Crippen molar-refractivity contribution in [1.82, 2.24) is 19.8 Å². The summed E-state index contributed by atoms with van der Waals surface area (Å²) in [6.07, 6.45) is 5.86. The zero-order valence-electron chi connectivity index (χ0n) is 19.5. The van der Waals surface area contributed by atoms with Crippen molar-refractivity contribution in [3.63, 3.8) is 0 Å². The highest BCUT2D eigenvalue weighted by Crippen LogP contribution is 2.31. The number of rotatable bonds is 5. The molecule has 0 radical (unpaired) electrons. The van der Waals surface area contributed by atoms with E-state index >= 15 is 0 Å². The minimum Gasteiger partial charge on any atom is -0.368 e. The number of anilines is 2. The monoisotopic (exact) mass is 462 g/mol. The molecular formula is C26H31FN6O. The van der Waals surface area contributed by atoms with Gasteiger partial charge in [-0.1, -0.05) is 0 Å². The lowest BCUT2D eigenvalue weighted by atomic mass is 10.1. The molecule has 2 aromatic heterocycles. The molecule has 1 unspecified atom stereocenters. The molecule has 1 aromatic carbocycles. The van der Waals surface area contributed by atoms with Gasteiger partial charge in [-0.15, -0.1) is 0 Å². The third-order valence-corrected chi connectivity index (χ3v) is 6.89. The number of pyridine rings is 1. The molecule has 2 aliphatic heterocycles. The SMILES string of the molecule is Cn1cccc1C1CCCN1C(=O)NCc1ccnc(N2CCN(c3ccc(F)cc3)CC2)c1. The number of piperazine rings is 1. The molecule has 2 fully saturated rings. The Morgan fingerprint density at radius 1 is 1.06 bits per heavy atom. The van der Waals surface area contributed by atoms with E-state index in [1.807, 2.05) is 48.6 Å². The minimum absolute atomic E-state index is 0.0185. The van der Waals surface area contributed by atoms with Crippen molar-refractivity contribution in [1.29, 1.82) is 0 Å². The van der Waals surface area contributed by atoms with Crippen molar-refractivity contribution >= 4 is 17.5 Å². The highest BCUT2D eigenvalue weighted by Gasteiger charge is 2.31. The number of hydrogen-bond acceptors (Lipinski definition) is 4. The van der Waals surface area contributed by atoms with Gasteiger partial charge in [-0.3, -0.25) is 0 Å². The summed E-state index contributed by atoms with van der Waals surface area (Å²) in [6, 6.07) is 14.9. The maximum absolute atomic E-state index is 13.2. The van der Waals surface area contributed by atoms with Gasteiger partial charge in [-0.05, 0) is 66.9 Å². The first kappa shape index (κ1) is 22.3. The number of hydrogen-bond donors (Lipinski definition) is 1. The van der Waals surface area contributed by atoms with Gasteiger partial charge in [0, 0.05) is 70.1 Å². The van der Waals surface area contributed by atoms with Gasteiger partial charge in [0.25, 0.3) is 0 Å². The second kappa shape index (κ2) is 9.75. The van der Waals surface area contributed by atoms with Gasteiger partial charge in [0.1, 0.15) is 11.6 Å². The van der Waals surface area contributed by atoms with E-state index < -0.39 is 0 Å². The molecule has 3 aromatic rings. The molecule has 0 bridgehead atoms. The van der Waals surface area contributed by atoms with Crippen LogP contribution in [-0.2, 0) is 13.6 Å². The van der Waals surface area contributed by atoms with E-state index in [0.717, 1.165) is 62.6 Å². The van der Waals surface area contributed by atoms with Crippen molar-refractivity contribution in [2.45, 2.75) is 25.4 Å². The molecule has 2 amide bonds. The van der Waals surface area contributed by atoms with Crippen LogP contribution in [0.3, 0.4) is 0 Å². The maximum Gasteiger partial charge on any atom is 0.318 e. The van der Waals surface area contributed by atoms with Crippen LogP contribution in [0.5, 0.6) is 0 Å².